The summed E-state index contributed by atoms with van der Waals surface area (Å²) in [6, 6.07) is 24.2. The van der Waals surface area contributed by atoms with Gasteiger partial charge in [0, 0.05) is 0 Å². The van der Waals surface area contributed by atoms with Crippen molar-refractivity contribution in [3.8, 4) is 11.1 Å². The van der Waals surface area contributed by atoms with Crippen LogP contribution in [0.25, 0.3) is 11.1 Å². The third-order valence-electron chi connectivity index (χ3n) is 3.27. The molecule has 0 aliphatic carbocycles. The summed E-state index contributed by atoms with van der Waals surface area (Å²) in [5.74, 6) is -0.223. The van der Waals surface area contributed by atoms with Gasteiger partial charge >= 0.3 is 0 Å². The number of hydrogen-bond acceptors (Lipinski definition) is 2. The molecule has 1 N–H and O–H groups in total. The van der Waals surface area contributed by atoms with Crippen molar-refractivity contribution >= 4 is 11.9 Å². The predicted molar refractivity (Wildman–Crippen MR) is 89.5 cm³/mol. The van der Waals surface area contributed by atoms with Crippen LogP contribution in [0.5, 0.6) is 0 Å². The molecule has 3 aromatic rings. The summed E-state index contributed by atoms with van der Waals surface area (Å²) >= 11 is 0. The smallest absolute Gasteiger partial charge is 0.123 e. The van der Waals surface area contributed by atoms with Crippen LogP contribution in [0.15, 0.2) is 84.0 Å². The Labute approximate surface area is 128 Å². The average Bonchev–Trinajstić information content (AvgIpc) is 2.57. The number of rotatable bonds is 4. The third kappa shape index (κ3) is 3.58. The fraction of sp³-hybridized carbons (Fsp3) is 0. The number of hydrogen-bond donors (Lipinski definition) is 1. The van der Waals surface area contributed by atoms with Crippen LogP contribution in [0.1, 0.15) is 5.56 Å². The molecule has 0 saturated carbocycles. The lowest BCUT2D eigenvalue weighted by Crippen LogP contribution is -1.90. The monoisotopic (exact) mass is 290 g/mol. The number of nitrogens with one attached hydrogen (secondary N) is 1. The summed E-state index contributed by atoms with van der Waals surface area (Å²) in [5.41, 5.74) is 6.96. The SMILES string of the molecule is Fc1ccc(-c2ccc(C=NNc3ccccc3)cc2)cc1. The first-order valence-corrected chi connectivity index (χ1v) is 7.01. The van der Waals surface area contributed by atoms with Crippen LogP contribution in [-0.2, 0) is 0 Å². The van der Waals surface area contributed by atoms with Crippen molar-refractivity contribution in [3.63, 3.8) is 0 Å². The lowest BCUT2D eigenvalue weighted by molar-refractivity contribution is 0.628. The van der Waals surface area contributed by atoms with Gasteiger partial charge in [-0.3, -0.25) is 5.43 Å². The normalized spacial score (nSPS) is 10.8. The first-order valence-electron chi connectivity index (χ1n) is 7.01. The maximum atomic E-state index is 12.9. The molecule has 0 radical (unpaired) electrons. The van der Waals surface area contributed by atoms with E-state index in [0.29, 0.717) is 0 Å². The topological polar surface area (TPSA) is 24.4 Å². The Morgan fingerprint density at radius 2 is 1.32 bits per heavy atom. The Morgan fingerprint density at radius 1 is 0.727 bits per heavy atom. The zero-order valence-electron chi connectivity index (χ0n) is 11.9. The Hall–Kier alpha value is -2.94. The molecule has 0 unspecified atom stereocenters. The van der Waals surface area contributed by atoms with E-state index >= 15 is 0 Å². The summed E-state index contributed by atoms with van der Waals surface area (Å²) in [6.07, 6.45) is 1.77. The highest BCUT2D eigenvalue weighted by Gasteiger charge is 1.98. The number of anilines is 1. The number of halogens is 1. The Morgan fingerprint density at radius 3 is 1.95 bits per heavy atom. The molecule has 0 heterocycles. The first-order chi connectivity index (χ1) is 10.8. The highest BCUT2D eigenvalue weighted by Crippen LogP contribution is 2.19. The molecule has 0 aliphatic heterocycles. The predicted octanol–water partition coefficient (Wildman–Crippen LogP) is 4.94. The minimum atomic E-state index is -0.223. The quantitative estimate of drug-likeness (QED) is 0.534. The minimum Gasteiger partial charge on any atom is -0.279 e. The molecule has 0 aromatic heterocycles. The molecular weight excluding hydrogens is 275 g/mol. The van der Waals surface area contributed by atoms with Gasteiger partial charge in [0.2, 0.25) is 0 Å². The highest BCUT2D eigenvalue weighted by atomic mass is 19.1. The van der Waals surface area contributed by atoms with Crippen molar-refractivity contribution in [2.75, 3.05) is 5.43 Å². The van der Waals surface area contributed by atoms with E-state index in [9.17, 15) is 4.39 Å². The molecule has 2 nitrogen and oxygen atoms in total. The molecule has 0 bridgehead atoms. The van der Waals surface area contributed by atoms with Gasteiger partial charge in [-0.15, -0.1) is 0 Å². The first kappa shape index (κ1) is 14.0. The second-order valence-corrected chi connectivity index (χ2v) is 4.86. The molecule has 22 heavy (non-hydrogen) atoms. The van der Waals surface area contributed by atoms with Crippen LogP contribution in [-0.4, -0.2) is 6.21 Å². The van der Waals surface area contributed by atoms with Gasteiger partial charge < -0.3 is 0 Å². The van der Waals surface area contributed by atoms with E-state index in [1.807, 2.05) is 54.6 Å². The second-order valence-electron chi connectivity index (χ2n) is 4.86. The van der Waals surface area contributed by atoms with Crippen molar-refractivity contribution in [1.29, 1.82) is 0 Å². The maximum Gasteiger partial charge on any atom is 0.123 e. The number of para-hydroxylation sites is 1. The van der Waals surface area contributed by atoms with E-state index in [0.717, 1.165) is 22.4 Å². The van der Waals surface area contributed by atoms with Gasteiger partial charge in [-0.1, -0.05) is 54.6 Å². The van der Waals surface area contributed by atoms with Crippen molar-refractivity contribution < 1.29 is 4.39 Å². The number of hydrazone groups is 1. The highest BCUT2D eigenvalue weighted by molar-refractivity contribution is 5.81. The number of benzene rings is 3. The molecule has 108 valence electrons. The van der Waals surface area contributed by atoms with Gasteiger partial charge in [-0.05, 0) is 41.0 Å². The summed E-state index contributed by atoms with van der Waals surface area (Å²) in [6.45, 7) is 0. The van der Waals surface area contributed by atoms with Gasteiger partial charge in [0.25, 0.3) is 0 Å². The fourth-order valence-corrected chi connectivity index (χ4v) is 2.10. The minimum absolute atomic E-state index is 0.223. The van der Waals surface area contributed by atoms with E-state index in [2.05, 4.69) is 10.5 Å². The van der Waals surface area contributed by atoms with Gasteiger partial charge in [-0.2, -0.15) is 5.10 Å². The molecule has 0 amide bonds. The second kappa shape index (κ2) is 6.68. The van der Waals surface area contributed by atoms with Crippen molar-refractivity contribution in [2.24, 2.45) is 5.10 Å². The van der Waals surface area contributed by atoms with Crippen LogP contribution in [0.3, 0.4) is 0 Å². The maximum absolute atomic E-state index is 12.9. The molecule has 3 rings (SSSR count). The molecule has 0 atom stereocenters. The lowest BCUT2D eigenvalue weighted by atomic mass is 10.0. The van der Waals surface area contributed by atoms with E-state index in [1.165, 1.54) is 12.1 Å². The zero-order valence-corrected chi connectivity index (χ0v) is 11.9. The van der Waals surface area contributed by atoms with Gasteiger partial charge in [-0.25, -0.2) is 4.39 Å². The van der Waals surface area contributed by atoms with Crippen LogP contribution in [0, 0.1) is 5.82 Å². The van der Waals surface area contributed by atoms with E-state index in [-0.39, 0.29) is 5.82 Å². The molecular formula is C19H15FN2. The molecule has 3 heteroatoms. The fourth-order valence-electron chi connectivity index (χ4n) is 2.10. The summed E-state index contributed by atoms with van der Waals surface area (Å²) < 4.78 is 12.9. The summed E-state index contributed by atoms with van der Waals surface area (Å²) in [5, 5.41) is 4.20. The summed E-state index contributed by atoms with van der Waals surface area (Å²) in [4.78, 5) is 0. The lowest BCUT2D eigenvalue weighted by Gasteiger charge is -2.02. The molecule has 0 fully saturated rings. The van der Waals surface area contributed by atoms with E-state index < -0.39 is 0 Å². The zero-order chi connectivity index (χ0) is 15.2. The van der Waals surface area contributed by atoms with Crippen LogP contribution in [0.4, 0.5) is 10.1 Å². The van der Waals surface area contributed by atoms with Crippen molar-refractivity contribution in [3.05, 3.63) is 90.2 Å². The Balaban J connectivity index is 1.68. The Bertz CT molecular complexity index is 748. The standard InChI is InChI=1S/C19H15FN2/c20-18-12-10-17(11-13-18)16-8-6-15(7-9-16)14-21-22-19-4-2-1-3-5-19/h1-14,22H. The van der Waals surface area contributed by atoms with Crippen LogP contribution >= 0.6 is 0 Å². The molecule has 0 saturated heterocycles. The van der Waals surface area contributed by atoms with Crippen LogP contribution < -0.4 is 5.43 Å². The average molecular weight is 290 g/mol. The van der Waals surface area contributed by atoms with E-state index in [1.54, 1.807) is 18.3 Å². The van der Waals surface area contributed by atoms with Crippen LogP contribution in [0.2, 0.25) is 0 Å². The van der Waals surface area contributed by atoms with Gasteiger partial charge in [0.15, 0.2) is 0 Å². The van der Waals surface area contributed by atoms with Gasteiger partial charge in [0.1, 0.15) is 5.82 Å². The van der Waals surface area contributed by atoms with Gasteiger partial charge in [0.05, 0.1) is 11.9 Å². The van der Waals surface area contributed by atoms with Crippen molar-refractivity contribution in [2.45, 2.75) is 0 Å². The molecule has 3 aromatic carbocycles. The largest absolute Gasteiger partial charge is 0.279 e. The summed E-state index contributed by atoms with van der Waals surface area (Å²) in [7, 11) is 0. The third-order valence-corrected chi connectivity index (χ3v) is 3.27. The molecule has 0 aliphatic rings. The van der Waals surface area contributed by atoms with E-state index in [4.69, 9.17) is 0 Å². The van der Waals surface area contributed by atoms with Crippen molar-refractivity contribution in [1.82, 2.24) is 0 Å². The Kier molecular flexibility index (Phi) is 4.25. The molecule has 0 spiro atoms. The number of nitrogens with zero attached hydrogens (tertiary/aromatic N) is 1.